The summed E-state index contributed by atoms with van der Waals surface area (Å²) in [5, 5.41) is 0. The Morgan fingerprint density at radius 3 is 2.14 bits per heavy atom. The van der Waals surface area contributed by atoms with Crippen molar-refractivity contribution in [2.75, 3.05) is 0 Å². The summed E-state index contributed by atoms with van der Waals surface area (Å²) >= 11 is 0. The molecule has 0 aliphatic heterocycles. The molecule has 3 aromatic rings. The number of sulfone groups is 1. The number of benzene rings is 3. The molecule has 3 rings (SSSR count). The van der Waals surface area contributed by atoms with E-state index in [-0.39, 0.29) is 9.79 Å². The summed E-state index contributed by atoms with van der Waals surface area (Å²) in [5.41, 5.74) is 3.53. The molecule has 4 nitrogen and oxygen atoms in total. The van der Waals surface area contributed by atoms with Gasteiger partial charge in [-0.15, -0.1) is 5.73 Å². The Hall–Kier alpha value is -3.66. The van der Waals surface area contributed by atoms with Crippen LogP contribution in [0.3, 0.4) is 0 Å². The minimum absolute atomic E-state index is 0.200. The predicted octanol–water partition coefficient (Wildman–Crippen LogP) is 4.94. The van der Waals surface area contributed by atoms with Gasteiger partial charge in [-0.05, 0) is 29.8 Å². The first-order valence-electron chi connectivity index (χ1n) is 8.76. The second-order valence-electron chi connectivity index (χ2n) is 6.00. The Bertz CT molecular complexity index is 1200. The van der Waals surface area contributed by atoms with Gasteiger partial charge in [0.05, 0.1) is 15.9 Å². The van der Waals surface area contributed by atoms with Crippen molar-refractivity contribution in [2.45, 2.75) is 9.79 Å². The Balaban J connectivity index is 1.98. The fourth-order valence-electron chi connectivity index (χ4n) is 2.70. The van der Waals surface area contributed by atoms with Crippen LogP contribution in [0, 0.1) is 0 Å². The molecule has 0 radical (unpaired) electrons. The monoisotopic (exact) mass is 402 g/mol. The van der Waals surface area contributed by atoms with Crippen LogP contribution in [0.15, 0.2) is 107 Å². The maximum absolute atomic E-state index is 13.0. The van der Waals surface area contributed by atoms with Crippen molar-refractivity contribution in [3.8, 4) is 5.75 Å². The average molecular weight is 402 g/mol. The molecule has 0 aliphatic rings. The Labute approximate surface area is 170 Å². The zero-order valence-corrected chi connectivity index (χ0v) is 16.3. The molecule has 0 bridgehead atoms. The summed E-state index contributed by atoms with van der Waals surface area (Å²) in [4.78, 5) is 12.1. The van der Waals surface area contributed by atoms with Crippen LogP contribution in [0.2, 0.25) is 0 Å². The fraction of sp³-hybridized carbons (Fsp3) is 0. The van der Waals surface area contributed by atoms with Gasteiger partial charge < -0.3 is 4.74 Å². The van der Waals surface area contributed by atoms with Crippen molar-refractivity contribution >= 4 is 28.0 Å². The van der Waals surface area contributed by atoms with Crippen LogP contribution >= 0.6 is 0 Å². The summed E-state index contributed by atoms with van der Waals surface area (Å²) in [6.45, 7) is 3.35. The molecule has 144 valence electrons. The van der Waals surface area contributed by atoms with Crippen LogP contribution in [0.1, 0.15) is 11.1 Å². The lowest BCUT2D eigenvalue weighted by Crippen LogP contribution is -2.04. The lowest BCUT2D eigenvalue weighted by molar-refractivity contribution is -0.128. The van der Waals surface area contributed by atoms with Crippen molar-refractivity contribution < 1.29 is 17.9 Å². The molecule has 29 heavy (non-hydrogen) atoms. The third kappa shape index (κ3) is 4.79. The second-order valence-corrected chi connectivity index (χ2v) is 7.91. The molecule has 0 spiro atoms. The summed E-state index contributed by atoms with van der Waals surface area (Å²) in [5.74, 6) is -0.239. The molecule has 0 saturated heterocycles. The van der Waals surface area contributed by atoms with Gasteiger partial charge in [0.15, 0.2) is 0 Å². The van der Waals surface area contributed by atoms with Crippen LogP contribution in [0.25, 0.3) is 12.2 Å². The van der Waals surface area contributed by atoms with Gasteiger partial charge in [-0.3, -0.25) is 0 Å². The van der Waals surface area contributed by atoms with Crippen molar-refractivity contribution in [2.24, 2.45) is 0 Å². The van der Waals surface area contributed by atoms with Crippen molar-refractivity contribution in [3.63, 3.8) is 0 Å². The van der Waals surface area contributed by atoms with E-state index in [4.69, 9.17) is 4.74 Å². The Morgan fingerprint density at radius 2 is 1.41 bits per heavy atom. The van der Waals surface area contributed by atoms with Crippen molar-refractivity contribution in [1.29, 1.82) is 0 Å². The van der Waals surface area contributed by atoms with Crippen LogP contribution in [0.4, 0.5) is 0 Å². The maximum Gasteiger partial charge on any atom is 0.343 e. The lowest BCUT2D eigenvalue weighted by atomic mass is 10.1. The standard InChI is InChI=1S/C24H18O4S/c1-2-10-24(25)28-22-15-8-6-11-19(22)17-18-20-12-7-9-16-23(20)29(26,27)21-13-4-3-5-14-21/h3-18H,1H2/b18-17+. The van der Waals surface area contributed by atoms with E-state index in [2.05, 4.69) is 12.3 Å². The summed E-state index contributed by atoms with van der Waals surface area (Å²) in [6, 6.07) is 22.0. The molecule has 0 N–H and O–H groups in total. The first kappa shape index (κ1) is 20.1. The SMILES string of the molecule is C=C=CC(=O)Oc1ccccc1/C=C/c1ccccc1S(=O)(=O)c1ccccc1. The molecule has 0 amide bonds. The minimum Gasteiger partial charge on any atom is -0.422 e. The average Bonchev–Trinajstić information content (AvgIpc) is 2.74. The Kier molecular flexibility index (Phi) is 6.25. The quantitative estimate of drug-likeness (QED) is 0.193. The summed E-state index contributed by atoms with van der Waals surface area (Å²) < 4.78 is 31.3. The number of rotatable bonds is 6. The third-order valence-corrected chi connectivity index (χ3v) is 5.90. The molecule has 0 heterocycles. The number of carbonyl (C=O) groups is 1. The predicted molar refractivity (Wildman–Crippen MR) is 113 cm³/mol. The molecule has 5 heteroatoms. The van der Waals surface area contributed by atoms with Gasteiger partial charge in [0.1, 0.15) is 5.75 Å². The van der Waals surface area contributed by atoms with Gasteiger partial charge >= 0.3 is 5.97 Å². The van der Waals surface area contributed by atoms with Gasteiger partial charge in [-0.2, -0.15) is 0 Å². The first-order valence-corrected chi connectivity index (χ1v) is 10.2. The third-order valence-electron chi connectivity index (χ3n) is 4.05. The highest BCUT2D eigenvalue weighted by Gasteiger charge is 2.19. The molecule has 3 aromatic carbocycles. The normalized spacial score (nSPS) is 11.0. The molecular weight excluding hydrogens is 384 g/mol. The van der Waals surface area contributed by atoms with E-state index < -0.39 is 15.8 Å². The number of hydrogen-bond donors (Lipinski definition) is 0. The zero-order valence-electron chi connectivity index (χ0n) is 15.5. The summed E-state index contributed by atoms with van der Waals surface area (Å²) in [7, 11) is -3.67. The van der Waals surface area contributed by atoms with Gasteiger partial charge in [0.25, 0.3) is 0 Å². The van der Waals surface area contributed by atoms with E-state index in [9.17, 15) is 13.2 Å². The number of ether oxygens (including phenoxy) is 1. The molecule has 0 aliphatic carbocycles. The van der Waals surface area contributed by atoms with Crippen molar-refractivity contribution in [1.82, 2.24) is 0 Å². The van der Waals surface area contributed by atoms with Crippen LogP contribution in [-0.4, -0.2) is 14.4 Å². The van der Waals surface area contributed by atoms with Gasteiger partial charge in [0, 0.05) is 5.56 Å². The zero-order chi connectivity index (χ0) is 20.7. The lowest BCUT2D eigenvalue weighted by Gasteiger charge is -2.08. The summed E-state index contributed by atoms with van der Waals surface area (Å²) in [6.07, 6.45) is 4.49. The van der Waals surface area contributed by atoms with Gasteiger partial charge in [-0.25, -0.2) is 13.2 Å². The smallest absolute Gasteiger partial charge is 0.343 e. The van der Waals surface area contributed by atoms with E-state index >= 15 is 0 Å². The molecule has 0 aromatic heterocycles. The van der Waals surface area contributed by atoms with Crippen LogP contribution in [0.5, 0.6) is 5.75 Å². The van der Waals surface area contributed by atoms with Crippen molar-refractivity contribution in [3.05, 3.63) is 108 Å². The molecular formula is C24H18O4S. The topological polar surface area (TPSA) is 60.4 Å². The second kappa shape index (κ2) is 9.02. The van der Waals surface area contributed by atoms with E-state index in [0.717, 1.165) is 6.08 Å². The molecule has 0 saturated carbocycles. The van der Waals surface area contributed by atoms with E-state index in [0.29, 0.717) is 16.9 Å². The van der Waals surface area contributed by atoms with E-state index in [1.807, 2.05) is 0 Å². The first-order chi connectivity index (χ1) is 14.0. The largest absolute Gasteiger partial charge is 0.422 e. The highest BCUT2D eigenvalue weighted by molar-refractivity contribution is 7.91. The number of para-hydroxylation sites is 1. The highest BCUT2D eigenvalue weighted by Crippen LogP contribution is 2.27. The van der Waals surface area contributed by atoms with E-state index in [1.165, 1.54) is 0 Å². The minimum atomic E-state index is -3.67. The number of esters is 1. The van der Waals surface area contributed by atoms with Crippen LogP contribution in [-0.2, 0) is 14.6 Å². The number of hydrogen-bond acceptors (Lipinski definition) is 4. The highest BCUT2D eigenvalue weighted by atomic mass is 32.2. The molecule has 0 fully saturated rings. The van der Waals surface area contributed by atoms with Crippen LogP contribution < -0.4 is 4.74 Å². The fourth-order valence-corrected chi connectivity index (χ4v) is 4.17. The molecule has 0 atom stereocenters. The Morgan fingerprint density at radius 1 is 0.828 bits per heavy atom. The van der Waals surface area contributed by atoms with Gasteiger partial charge in [-0.1, -0.05) is 73.3 Å². The maximum atomic E-state index is 13.0. The molecule has 0 unspecified atom stereocenters. The van der Waals surface area contributed by atoms with Gasteiger partial charge in [0.2, 0.25) is 9.84 Å². The van der Waals surface area contributed by atoms with E-state index in [1.54, 1.807) is 91.0 Å². The number of carbonyl (C=O) groups excluding carboxylic acids is 1.